The average Bonchev–Trinajstić information content (AvgIpc) is 3.26. The van der Waals surface area contributed by atoms with Gasteiger partial charge < -0.3 is 36.0 Å². The summed E-state index contributed by atoms with van der Waals surface area (Å²) < 4.78 is 8.52. The molecule has 2 rings (SSSR count). The van der Waals surface area contributed by atoms with Crippen molar-refractivity contribution >= 4 is 29.3 Å². The van der Waals surface area contributed by atoms with Crippen LogP contribution in [0.5, 0.6) is 0 Å². The maximum atomic E-state index is 12.6. The van der Waals surface area contributed by atoms with Crippen LogP contribution in [0, 0.1) is 5.92 Å². The van der Waals surface area contributed by atoms with Crippen LogP contribution in [0.3, 0.4) is 0 Å². The summed E-state index contributed by atoms with van der Waals surface area (Å²) in [5, 5.41) is 45.8. The van der Waals surface area contributed by atoms with Crippen LogP contribution in [0.4, 0.5) is 5.82 Å². The average molecular weight is 541 g/mol. The molecule has 0 radical (unpaired) electrons. The van der Waals surface area contributed by atoms with E-state index in [1.165, 1.54) is 7.05 Å². The molecule has 0 bridgehead atoms. The summed E-state index contributed by atoms with van der Waals surface area (Å²) in [5.74, 6) is -1.57. The summed E-state index contributed by atoms with van der Waals surface area (Å²) in [7, 11) is 3.18. The second-order valence-corrected chi connectivity index (χ2v) is 9.95. The molecule has 214 valence electrons. The van der Waals surface area contributed by atoms with E-state index in [0.29, 0.717) is 37.3 Å². The molecule has 7 atom stereocenters. The summed E-state index contributed by atoms with van der Waals surface area (Å²) in [6.07, 6.45) is 1.22. The third kappa shape index (κ3) is 8.82. The lowest BCUT2D eigenvalue weighted by molar-refractivity contribution is -0.409. The number of nitrogens with zero attached hydrogens (tertiary/aromatic N) is 4. The maximum Gasteiger partial charge on any atom is 0.370 e. The summed E-state index contributed by atoms with van der Waals surface area (Å²) in [5.41, 5.74) is 0.319. The van der Waals surface area contributed by atoms with Crippen molar-refractivity contribution in [2.24, 2.45) is 5.92 Å². The van der Waals surface area contributed by atoms with E-state index in [1.807, 2.05) is 0 Å². The number of aliphatic hydroxyl groups is 2. The van der Waals surface area contributed by atoms with E-state index in [2.05, 4.69) is 26.3 Å². The van der Waals surface area contributed by atoms with Crippen molar-refractivity contribution in [1.82, 2.24) is 30.9 Å². The Morgan fingerprint density at radius 1 is 1.26 bits per heavy atom. The summed E-state index contributed by atoms with van der Waals surface area (Å²) in [4.78, 5) is 36.5. The molecular weight excluding hydrogens is 498 g/mol. The Kier molecular flexibility index (Phi) is 11.8. The lowest BCUT2D eigenvalue weighted by atomic mass is 10.0. The molecule has 1 fully saturated rings. The van der Waals surface area contributed by atoms with Gasteiger partial charge in [0.1, 0.15) is 17.3 Å². The van der Waals surface area contributed by atoms with Gasteiger partial charge in [-0.1, -0.05) is 6.92 Å². The van der Waals surface area contributed by atoms with E-state index >= 15 is 0 Å². The highest BCUT2D eigenvalue weighted by atomic mass is 16.6. The number of carboxylic acids is 1. The fourth-order valence-electron chi connectivity index (χ4n) is 4.29. The number of likely N-dealkylation sites (N-methyl/N-ethyl adjacent to an activating group) is 1. The molecule has 0 spiro atoms. The minimum Gasteiger partial charge on any atom is -0.480 e. The topological polar surface area (TPSA) is 191 Å². The zero-order valence-electron chi connectivity index (χ0n) is 22.9. The minimum absolute atomic E-state index is 0.127. The number of aliphatic carboxylic acids is 1. The van der Waals surface area contributed by atoms with Crippen molar-refractivity contribution in [3.63, 3.8) is 0 Å². The van der Waals surface area contributed by atoms with Crippen LogP contribution >= 0.6 is 0 Å². The molecule has 14 heteroatoms. The van der Waals surface area contributed by atoms with Crippen LogP contribution in [0.15, 0.2) is 6.20 Å². The van der Waals surface area contributed by atoms with Gasteiger partial charge in [-0.3, -0.25) is 14.4 Å². The minimum atomic E-state index is -1.06. The highest BCUT2D eigenvalue weighted by molar-refractivity contribution is 6.36. The van der Waals surface area contributed by atoms with Crippen LogP contribution in [0.2, 0.25) is 0 Å². The number of ether oxygens (including phenoxy) is 1. The van der Waals surface area contributed by atoms with Gasteiger partial charge in [0.15, 0.2) is 12.0 Å². The maximum absolute atomic E-state index is 12.6. The number of carbonyl (C=O) groups is 3. The van der Waals surface area contributed by atoms with E-state index < -0.39 is 42.4 Å². The number of nitrogens with one attached hydrogen (secondary N) is 3. The largest absolute Gasteiger partial charge is 0.480 e. The molecule has 1 aliphatic heterocycles. The van der Waals surface area contributed by atoms with Crippen molar-refractivity contribution in [3.05, 3.63) is 6.20 Å². The molecule has 1 aliphatic rings. The van der Waals surface area contributed by atoms with Gasteiger partial charge in [-0.05, 0) is 33.7 Å². The summed E-state index contributed by atoms with van der Waals surface area (Å²) >= 11 is 0. The predicted molar refractivity (Wildman–Crippen MR) is 137 cm³/mol. The van der Waals surface area contributed by atoms with Crippen LogP contribution in [0.25, 0.3) is 0 Å². The first-order valence-electron chi connectivity index (χ1n) is 12.8. The molecule has 2 amide bonds. The Balaban J connectivity index is 1.88. The lowest BCUT2D eigenvalue weighted by Gasteiger charge is -2.24. The first-order chi connectivity index (χ1) is 17.8. The molecule has 0 aromatic carbocycles. The smallest absolute Gasteiger partial charge is 0.370 e. The van der Waals surface area contributed by atoms with Gasteiger partial charge in [0.25, 0.3) is 5.91 Å². The van der Waals surface area contributed by atoms with E-state index in [1.54, 1.807) is 50.2 Å². The third-order valence-corrected chi connectivity index (χ3v) is 6.82. The number of aliphatic hydroxyl groups excluding tert-OH is 2. The molecule has 38 heavy (non-hydrogen) atoms. The van der Waals surface area contributed by atoms with Crippen molar-refractivity contribution in [3.8, 4) is 0 Å². The van der Waals surface area contributed by atoms with Gasteiger partial charge in [0.05, 0.1) is 36.6 Å². The fourth-order valence-corrected chi connectivity index (χ4v) is 4.29. The molecule has 1 saturated heterocycles. The fraction of sp³-hybridized carbons (Fsp3) is 0.750. The Labute approximate surface area is 222 Å². The zero-order chi connectivity index (χ0) is 28.6. The second kappa shape index (κ2) is 14.3. The first kappa shape index (κ1) is 31.3. The van der Waals surface area contributed by atoms with Crippen LogP contribution < -0.4 is 16.0 Å². The third-order valence-electron chi connectivity index (χ3n) is 6.82. The van der Waals surface area contributed by atoms with Gasteiger partial charge in [-0.15, -0.1) is 0 Å². The standard InChI is InChI=1S/C24H41N7O7/c1-13(22(34)27-17-11-20(33)38-14(2)10-18(17)32)8-7-9-31-12-19(28-29-31)30(6)16(4)23(35)26-15(3)21(25-5)24(36)37/h12-15,17-18,20-21,25,32-33H,7-11H2,1-6H3,(H2-,26,27,34,35,36,37)/p+1. The van der Waals surface area contributed by atoms with Crippen molar-refractivity contribution in [2.45, 2.75) is 96.5 Å². The molecule has 1 aromatic heterocycles. The molecule has 0 aliphatic carbocycles. The van der Waals surface area contributed by atoms with Crippen molar-refractivity contribution < 1.29 is 39.0 Å². The molecule has 14 nitrogen and oxygen atoms in total. The molecule has 1 aromatic rings. The van der Waals surface area contributed by atoms with Gasteiger partial charge in [0, 0.05) is 32.2 Å². The summed E-state index contributed by atoms with van der Waals surface area (Å²) in [6, 6.07) is -2.15. The van der Waals surface area contributed by atoms with Crippen LogP contribution in [-0.2, 0) is 25.7 Å². The van der Waals surface area contributed by atoms with Crippen molar-refractivity contribution in [2.75, 3.05) is 14.1 Å². The molecule has 2 heterocycles. The second-order valence-electron chi connectivity index (χ2n) is 9.95. The number of hydrogen-bond acceptors (Lipinski definition) is 9. The van der Waals surface area contributed by atoms with Gasteiger partial charge >= 0.3 is 11.8 Å². The van der Waals surface area contributed by atoms with E-state index in [-0.39, 0.29) is 24.3 Å². The number of hydrogen-bond donors (Lipinski definition) is 6. The monoisotopic (exact) mass is 540 g/mol. The molecular formula is C24H42N7O7+. The van der Waals surface area contributed by atoms with Crippen molar-refractivity contribution in [1.29, 1.82) is 0 Å². The number of aromatic nitrogens is 3. The number of carboxylic acid groups (broad SMARTS) is 1. The quantitative estimate of drug-likeness (QED) is 0.141. The van der Waals surface area contributed by atoms with Gasteiger partial charge in [0.2, 0.25) is 5.91 Å². The Bertz CT molecular complexity index is 999. The van der Waals surface area contributed by atoms with Gasteiger partial charge in [-0.25, -0.2) is 9.26 Å². The first-order valence-corrected chi connectivity index (χ1v) is 12.8. The Morgan fingerprint density at radius 3 is 2.58 bits per heavy atom. The SMILES string of the molecule is CNC(C(=O)O)C(C)NC(=O)C(C)=[N+](C)c1cn(CCCC(C)C(=O)NC2CC(O)OC(C)CC2O)nn1. The van der Waals surface area contributed by atoms with Gasteiger partial charge in [-0.2, -0.15) is 0 Å². The number of rotatable bonds is 12. The van der Waals surface area contributed by atoms with Crippen LogP contribution in [0.1, 0.15) is 53.4 Å². The van der Waals surface area contributed by atoms with Crippen LogP contribution in [-0.4, -0.2) is 109 Å². The molecule has 6 N–H and O–H groups in total. The van der Waals surface area contributed by atoms with E-state index in [4.69, 9.17) is 4.74 Å². The number of carbonyl (C=O) groups excluding carboxylic acids is 2. The Morgan fingerprint density at radius 2 is 1.95 bits per heavy atom. The molecule has 7 unspecified atom stereocenters. The molecule has 0 saturated carbocycles. The highest BCUT2D eigenvalue weighted by Crippen LogP contribution is 2.19. The predicted octanol–water partition coefficient (Wildman–Crippen LogP) is -1.03. The zero-order valence-corrected chi connectivity index (χ0v) is 22.9. The summed E-state index contributed by atoms with van der Waals surface area (Å²) in [6.45, 7) is 7.28. The highest BCUT2D eigenvalue weighted by Gasteiger charge is 2.32. The Hall–Kier alpha value is -2.94. The lowest BCUT2D eigenvalue weighted by Crippen LogP contribution is -2.53. The normalized spacial score (nSPS) is 24.9. The van der Waals surface area contributed by atoms with E-state index in [0.717, 1.165) is 0 Å². The van der Waals surface area contributed by atoms with E-state index in [9.17, 15) is 29.7 Å². The number of amides is 2. The number of aryl methyl sites for hydroxylation is 1.